The van der Waals surface area contributed by atoms with Crippen molar-refractivity contribution in [3.8, 4) is 0 Å². The van der Waals surface area contributed by atoms with Gasteiger partial charge in [-0.25, -0.2) is 24.1 Å². The Morgan fingerprint density at radius 3 is 2.61 bits per heavy atom. The number of fused-ring (bicyclic) bond motifs is 1. The SMILES string of the molecule is CCOC(=O)OC(C)OC(=O)C1=C(C)CS[C@H]2[C@@H](NC(=O)C(NC(=O)N3CCNC3=O)C3=CC(=NC4SCCS4)C=CC3)C(=O)N12. The van der Waals surface area contributed by atoms with Crippen molar-refractivity contribution >= 4 is 77.0 Å². The Morgan fingerprint density at radius 1 is 1.15 bits per heavy atom. The van der Waals surface area contributed by atoms with Gasteiger partial charge in [-0.2, -0.15) is 0 Å². The maximum atomic E-state index is 13.8. The van der Waals surface area contributed by atoms with Gasteiger partial charge in [-0.05, 0) is 43.6 Å². The van der Waals surface area contributed by atoms with E-state index in [-0.39, 0.29) is 23.6 Å². The summed E-state index contributed by atoms with van der Waals surface area (Å²) >= 11 is 4.80. The van der Waals surface area contributed by atoms with E-state index >= 15 is 0 Å². The van der Waals surface area contributed by atoms with Crippen LogP contribution in [0.15, 0.2) is 40.1 Å². The van der Waals surface area contributed by atoms with Crippen molar-refractivity contribution in [2.24, 2.45) is 4.99 Å². The van der Waals surface area contributed by atoms with Crippen molar-refractivity contribution in [2.75, 3.05) is 37.0 Å². The first-order valence-electron chi connectivity index (χ1n) is 14.6. The summed E-state index contributed by atoms with van der Waals surface area (Å²) in [6, 6.07) is -3.53. The lowest BCUT2D eigenvalue weighted by atomic mass is 9.95. The summed E-state index contributed by atoms with van der Waals surface area (Å²) in [5.74, 6) is 0.294. The van der Waals surface area contributed by atoms with Gasteiger partial charge in [0.25, 0.3) is 5.91 Å². The highest BCUT2D eigenvalue weighted by molar-refractivity contribution is 8.20. The van der Waals surface area contributed by atoms with E-state index in [0.29, 0.717) is 35.6 Å². The first-order chi connectivity index (χ1) is 22.1. The molecule has 46 heavy (non-hydrogen) atoms. The van der Waals surface area contributed by atoms with Crippen molar-refractivity contribution in [1.29, 1.82) is 0 Å². The van der Waals surface area contributed by atoms with Crippen molar-refractivity contribution in [2.45, 2.75) is 55.6 Å². The zero-order valence-electron chi connectivity index (χ0n) is 25.3. The monoisotopic (exact) mass is 694 g/mol. The third kappa shape index (κ3) is 7.49. The zero-order chi connectivity index (χ0) is 33.0. The largest absolute Gasteiger partial charge is 0.511 e. The molecule has 0 aromatic rings. The third-order valence-corrected chi connectivity index (χ3v) is 11.4. The number of nitrogens with zero attached hydrogens (tertiary/aromatic N) is 3. The molecule has 2 unspecified atom stereocenters. The minimum atomic E-state index is -1.27. The number of hydrogen-bond acceptors (Lipinski definition) is 13. The molecule has 4 heterocycles. The molecule has 0 saturated carbocycles. The van der Waals surface area contributed by atoms with Crippen LogP contribution in [0.3, 0.4) is 0 Å². The molecule has 18 heteroatoms. The molecule has 0 aromatic carbocycles. The molecule has 0 radical (unpaired) electrons. The topological polar surface area (TPSA) is 185 Å². The van der Waals surface area contributed by atoms with Crippen LogP contribution in [0.5, 0.6) is 0 Å². The number of nitrogens with one attached hydrogen (secondary N) is 3. The lowest BCUT2D eigenvalue weighted by Gasteiger charge is -2.49. The van der Waals surface area contributed by atoms with E-state index in [0.717, 1.165) is 16.4 Å². The molecular formula is C28H34N6O9S3. The molecule has 4 atom stereocenters. The molecule has 15 nitrogen and oxygen atoms in total. The maximum Gasteiger partial charge on any atom is 0.511 e. The van der Waals surface area contributed by atoms with Crippen LogP contribution in [0, 0.1) is 0 Å². The fourth-order valence-electron chi connectivity index (χ4n) is 5.15. The van der Waals surface area contributed by atoms with Crippen molar-refractivity contribution in [3.05, 3.63) is 35.1 Å². The smallest absolute Gasteiger partial charge is 0.435 e. The van der Waals surface area contributed by atoms with Crippen molar-refractivity contribution in [3.63, 3.8) is 0 Å². The van der Waals surface area contributed by atoms with Crippen molar-refractivity contribution in [1.82, 2.24) is 25.8 Å². The molecule has 6 amide bonds. The van der Waals surface area contributed by atoms with E-state index in [2.05, 4.69) is 16.0 Å². The second-order valence-corrected chi connectivity index (χ2v) is 14.3. The third-order valence-electron chi connectivity index (χ3n) is 7.28. The number of rotatable bonds is 9. The van der Waals surface area contributed by atoms with Gasteiger partial charge in [0, 0.05) is 37.3 Å². The highest BCUT2D eigenvalue weighted by Crippen LogP contribution is 2.41. The molecule has 0 bridgehead atoms. The van der Waals surface area contributed by atoms with E-state index < -0.39 is 59.7 Å². The summed E-state index contributed by atoms with van der Waals surface area (Å²) < 4.78 is 14.9. The number of esters is 1. The fourth-order valence-corrected chi connectivity index (χ4v) is 8.97. The van der Waals surface area contributed by atoms with Crippen LogP contribution in [-0.4, -0.2) is 117 Å². The summed E-state index contributed by atoms with van der Waals surface area (Å²) in [4.78, 5) is 84.1. The van der Waals surface area contributed by atoms with Crippen LogP contribution in [0.4, 0.5) is 14.4 Å². The predicted octanol–water partition coefficient (Wildman–Crippen LogP) is 1.92. The Labute approximate surface area is 277 Å². The summed E-state index contributed by atoms with van der Waals surface area (Å²) in [5, 5.41) is 7.36. The standard InChI is InChI=1S/C28H34N6O9S3/c1-4-41-28(40)43-15(3)42-24(37)20-14(2)13-46-23-19(22(36)34(20)23)31-21(35)18(32-26(39)33-9-8-29-25(33)38)16-6-5-7-17(12-16)30-27-44-10-11-45-27/h5,7,12,15,18-19,23,27H,4,6,8-11,13H2,1-3H3,(H,29,38)(H,31,35)(H,32,39)/t15?,18?,19-,23-/m0/s1. The molecule has 248 valence electrons. The minimum Gasteiger partial charge on any atom is -0.435 e. The second-order valence-electron chi connectivity index (χ2n) is 10.5. The van der Waals surface area contributed by atoms with Gasteiger partial charge in [0.2, 0.25) is 12.2 Å². The molecule has 5 rings (SSSR count). The number of hydrogen-bond donors (Lipinski definition) is 3. The lowest BCUT2D eigenvalue weighted by Crippen LogP contribution is -2.71. The van der Waals surface area contributed by atoms with Gasteiger partial charge in [0.15, 0.2) is 0 Å². The van der Waals surface area contributed by atoms with Gasteiger partial charge in [0.1, 0.15) is 27.9 Å². The number of thioether (sulfide) groups is 3. The summed E-state index contributed by atoms with van der Waals surface area (Å²) in [6.45, 7) is 5.14. The van der Waals surface area contributed by atoms with Crippen molar-refractivity contribution < 1.29 is 43.0 Å². The van der Waals surface area contributed by atoms with E-state index in [1.807, 2.05) is 12.2 Å². The molecule has 5 aliphatic rings. The van der Waals surface area contributed by atoms with Crippen LogP contribution in [0.25, 0.3) is 0 Å². The number of urea groups is 2. The first kappa shape index (κ1) is 33.7. The molecule has 4 aliphatic heterocycles. The van der Waals surface area contributed by atoms with Crippen LogP contribution in [0.2, 0.25) is 0 Å². The number of aliphatic imine (C=N–C) groups is 1. The number of allylic oxidation sites excluding steroid dienone is 3. The van der Waals surface area contributed by atoms with Gasteiger partial charge < -0.3 is 30.2 Å². The predicted molar refractivity (Wildman–Crippen MR) is 172 cm³/mol. The Bertz CT molecular complexity index is 1430. The van der Waals surface area contributed by atoms with Gasteiger partial charge in [-0.15, -0.1) is 35.3 Å². The number of β-lactam (4-membered cyclic amide) rings is 1. The maximum absolute atomic E-state index is 13.8. The Morgan fingerprint density at radius 2 is 1.91 bits per heavy atom. The van der Waals surface area contributed by atoms with E-state index in [4.69, 9.17) is 19.2 Å². The fraction of sp³-hybridized carbons (Fsp3) is 0.536. The quantitative estimate of drug-likeness (QED) is 0.181. The number of carbonyl (C=O) groups is 6. The van der Waals surface area contributed by atoms with Gasteiger partial charge in [0.05, 0.1) is 12.3 Å². The van der Waals surface area contributed by atoms with Gasteiger partial charge in [-0.1, -0.05) is 6.08 Å². The molecular weight excluding hydrogens is 661 g/mol. The van der Waals surface area contributed by atoms with E-state index in [1.54, 1.807) is 43.4 Å². The van der Waals surface area contributed by atoms with Gasteiger partial charge >= 0.3 is 24.2 Å². The Balaban J connectivity index is 1.30. The van der Waals surface area contributed by atoms with Crippen LogP contribution >= 0.6 is 35.3 Å². The highest BCUT2D eigenvalue weighted by Gasteiger charge is 2.54. The Kier molecular flexibility index (Phi) is 10.9. The van der Waals surface area contributed by atoms with Crippen LogP contribution < -0.4 is 16.0 Å². The summed E-state index contributed by atoms with van der Waals surface area (Å²) in [7, 11) is 0. The molecule has 1 aliphatic carbocycles. The molecule has 0 aromatic heterocycles. The average molecular weight is 695 g/mol. The Hall–Kier alpha value is -3.64. The van der Waals surface area contributed by atoms with Gasteiger partial charge in [-0.3, -0.25) is 19.5 Å². The number of ether oxygens (including phenoxy) is 3. The minimum absolute atomic E-state index is 0.00656. The molecule has 3 N–H and O–H groups in total. The number of amides is 6. The molecule has 3 saturated heterocycles. The van der Waals surface area contributed by atoms with E-state index in [9.17, 15) is 28.8 Å². The highest BCUT2D eigenvalue weighted by atomic mass is 32.2. The number of imide groups is 1. The molecule has 3 fully saturated rings. The average Bonchev–Trinajstić information content (AvgIpc) is 3.70. The van der Waals surface area contributed by atoms with Crippen LogP contribution in [0.1, 0.15) is 27.2 Å². The summed E-state index contributed by atoms with van der Waals surface area (Å²) in [5.41, 5.74) is 1.77. The van der Waals surface area contributed by atoms with E-state index in [1.165, 1.54) is 23.6 Å². The second kappa shape index (κ2) is 14.8. The normalized spacial score (nSPS) is 24.8. The summed E-state index contributed by atoms with van der Waals surface area (Å²) in [6.07, 6.45) is 3.51. The van der Waals surface area contributed by atoms with Crippen LogP contribution in [-0.2, 0) is 28.6 Å². The zero-order valence-corrected chi connectivity index (χ0v) is 27.8. The first-order valence-corrected chi connectivity index (χ1v) is 17.7. The number of carbonyl (C=O) groups excluding carboxylic acids is 6. The molecule has 0 spiro atoms. The lowest BCUT2D eigenvalue weighted by molar-refractivity contribution is -0.169.